The lowest BCUT2D eigenvalue weighted by atomic mass is 10.0. The van der Waals surface area contributed by atoms with Crippen molar-refractivity contribution in [3.05, 3.63) is 11.3 Å². The van der Waals surface area contributed by atoms with Gasteiger partial charge in [-0.2, -0.15) is 0 Å². The molecule has 0 spiro atoms. The minimum absolute atomic E-state index is 0.311. The minimum atomic E-state index is 0.311. The summed E-state index contributed by atoms with van der Waals surface area (Å²) in [4.78, 5) is 7.91. The van der Waals surface area contributed by atoms with E-state index in [4.69, 9.17) is 22.1 Å². The highest BCUT2D eigenvalue weighted by Gasteiger charge is 2.41. The van der Waals surface area contributed by atoms with Crippen LogP contribution in [0, 0.1) is 5.41 Å². The van der Waals surface area contributed by atoms with Crippen LogP contribution in [0.1, 0.15) is 19.3 Å². The van der Waals surface area contributed by atoms with Gasteiger partial charge in [-0.3, -0.25) is 0 Å². The summed E-state index contributed by atoms with van der Waals surface area (Å²) >= 11 is 6.01. The predicted molar refractivity (Wildman–Crippen MR) is 68.1 cm³/mol. The molecule has 0 amide bonds. The molecule has 0 saturated heterocycles. The van der Waals surface area contributed by atoms with E-state index in [0.29, 0.717) is 22.1 Å². The number of nitrogen functional groups attached to an aromatic ring is 1. The van der Waals surface area contributed by atoms with Crippen LogP contribution in [0.25, 0.3) is 0 Å². The Morgan fingerprint density at radius 2 is 2.29 bits per heavy atom. The zero-order valence-electron chi connectivity index (χ0n) is 9.87. The quantitative estimate of drug-likeness (QED) is 0.814. The summed E-state index contributed by atoms with van der Waals surface area (Å²) in [5, 5.41) is 3.65. The third-order valence-electron chi connectivity index (χ3n) is 3.24. The molecule has 94 valence electrons. The van der Waals surface area contributed by atoms with Gasteiger partial charge in [0, 0.05) is 20.3 Å². The van der Waals surface area contributed by atoms with Gasteiger partial charge in [0.1, 0.15) is 23.0 Å². The molecule has 1 aliphatic carbocycles. The molecule has 0 aliphatic heterocycles. The van der Waals surface area contributed by atoms with Crippen LogP contribution in [0.4, 0.5) is 11.6 Å². The molecule has 1 fully saturated rings. The van der Waals surface area contributed by atoms with Gasteiger partial charge in [0.2, 0.25) is 0 Å². The van der Waals surface area contributed by atoms with E-state index >= 15 is 0 Å². The molecule has 0 aromatic carbocycles. The fraction of sp³-hybridized carbons (Fsp3) is 0.636. The average molecular weight is 257 g/mol. The van der Waals surface area contributed by atoms with E-state index in [9.17, 15) is 0 Å². The number of nitrogens with one attached hydrogen (secondary N) is 1. The monoisotopic (exact) mass is 256 g/mol. The maximum Gasteiger partial charge on any atom is 0.150 e. The molecule has 1 saturated carbocycles. The second kappa shape index (κ2) is 5.06. The third-order valence-corrected chi connectivity index (χ3v) is 3.61. The standard InChI is InChI=1S/C11H17ClN4O/c1-17-5-4-11(2-3-11)6-14-10-8(12)9(13)15-7-16-10/h7H,2-6H2,1H3,(H3,13,14,15,16). The van der Waals surface area contributed by atoms with Gasteiger partial charge >= 0.3 is 0 Å². The highest BCUT2D eigenvalue weighted by atomic mass is 35.5. The smallest absolute Gasteiger partial charge is 0.150 e. The first-order valence-corrected chi connectivity index (χ1v) is 6.03. The topological polar surface area (TPSA) is 73.1 Å². The Hall–Kier alpha value is -1.07. The molecule has 3 N–H and O–H groups in total. The van der Waals surface area contributed by atoms with Crippen molar-refractivity contribution in [3.63, 3.8) is 0 Å². The number of aromatic nitrogens is 2. The molecule has 0 bridgehead atoms. The van der Waals surface area contributed by atoms with Gasteiger partial charge in [-0.25, -0.2) is 9.97 Å². The first kappa shape index (κ1) is 12.4. The maximum atomic E-state index is 6.01. The van der Waals surface area contributed by atoms with Crippen molar-refractivity contribution in [2.45, 2.75) is 19.3 Å². The molecule has 1 heterocycles. The van der Waals surface area contributed by atoms with Gasteiger partial charge in [-0.15, -0.1) is 0 Å². The van der Waals surface area contributed by atoms with Gasteiger partial charge in [0.05, 0.1) is 0 Å². The van der Waals surface area contributed by atoms with Crippen molar-refractivity contribution >= 4 is 23.2 Å². The van der Waals surface area contributed by atoms with E-state index < -0.39 is 0 Å². The number of hydrogen-bond donors (Lipinski definition) is 2. The molecule has 1 aromatic heterocycles. The Bertz CT molecular complexity index is 395. The van der Waals surface area contributed by atoms with Crippen LogP contribution in [0.3, 0.4) is 0 Å². The second-order valence-corrected chi connectivity index (χ2v) is 4.90. The Balaban J connectivity index is 1.92. The van der Waals surface area contributed by atoms with E-state index in [1.165, 1.54) is 19.2 Å². The lowest BCUT2D eigenvalue weighted by Gasteiger charge is -2.16. The van der Waals surface area contributed by atoms with E-state index in [-0.39, 0.29) is 0 Å². The summed E-state index contributed by atoms with van der Waals surface area (Å²) in [6.07, 6.45) is 4.93. The van der Waals surface area contributed by atoms with Crippen LogP contribution < -0.4 is 11.1 Å². The molecule has 17 heavy (non-hydrogen) atoms. The largest absolute Gasteiger partial charge is 0.385 e. The molecule has 6 heteroatoms. The lowest BCUT2D eigenvalue weighted by Crippen LogP contribution is -2.18. The molecule has 0 unspecified atom stereocenters. The van der Waals surface area contributed by atoms with E-state index in [1.807, 2.05) is 0 Å². The van der Waals surface area contributed by atoms with E-state index in [2.05, 4.69) is 15.3 Å². The Morgan fingerprint density at radius 3 is 2.94 bits per heavy atom. The summed E-state index contributed by atoms with van der Waals surface area (Å²) in [6, 6.07) is 0. The van der Waals surface area contributed by atoms with Crippen LogP contribution in [0.2, 0.25) is 5.02 Å². The zero-order valence-corrected chi connectivity index (χ0v) is 10.6. The van der Waals surface area contributed by atoms with Gasteiger partial charge < -0.3 is 15.8 Å². The molecule has 5 nitrogen and oxygen atoms in total. The number of rotatable bonds is 6. The molecule has 0 radical (unpaired) electrons. The number of ether oxygens (including phenoxy) is 1. The fourth-order valence-corrected chi connectivity index (χ4v) is 1.95. The number of hydrogen-bond acceptors (Lipinski definition) is 5. The molecule has 0 atom stereocenters. The third kappa shape index (κ3) is 2.98. The fourth-order valence-electron chi connectivity index (χ4n) is 1.79. The Labute approximate surface area is 106 Å². The van der Waals surface area contributed by atoms with Crippen molar-refractivity contribution in [1.29, 1.82) is 0 Å². The minimum Gasteiger partial charge on any atom is -0.385 e. The van der Waals surface area contributed by atoms with Crippen LogP contribution >= 0.6 is 11.6 Å². The van der Waals surface area contributed by atoms with Crippen molar-refractivity contribution in [1.82, 2.24) is 9.97 Å². The highest BCUT2D eigenvalue weighted by molar-refractivity contribution is 6.35. The van der Waals surface area contributed by atoms with Crippen molar-refractivity contribution in [3.8, 4) is 0 Å². The summed E-state index contributed by atoms with van der Waals surface area (Å²) in [5.74, 6) is 0.925. The number of methoxy groups -OCH3 is 1. The predicted octanol–water partition coefficient (Wildman–Crippen LogP) is 1.94. The maximum absolute atomic E-state index is 6.01. The Kier molecular flexibility index (Phi) is 3.69. The zero-order chi connectivity index (χ0) is 12.3. The van der Waals surface area contributed by atoms with Gasteiger partial charge in [0.25, 0.3) is 0 Å². The van der Waals surface area contributed by atoms with E-state index in [0.717, 1.165) is 19.6 Å². The molecule has 1 aromatic rings. The first-order chi connectivity index (χ1) is 8.17. The summed E-state index contributed by atoms with van der Waals surface area (Å²) in [7, 11) is 1.73. The van der Waals surface area contributed by atoms with Crippen LogP contribution in [-0.4, -0.2) is 30.2 Å². The Morgan fingerprint density at radius 1 is 1.53 bits per heavy atom. The summed E-state index contributed by atoms with van der Waals surface area (Å²) in [6.45, 7) is 1.65. The first-order valence-electron chi connectivity index (χ1n) is 5.66. The SMILES string of the molecule is COCCC1(CNc2ncnc(N)c2Cl)CC1. The van der Waals surface area contributed by atoms with Crippen molar-refractivity contribution in [2.75, 3.05) is 31.3 Å². The highest BCUT2D eigenvalue weighted by Crippen LogP contribution is 2.48. The van der Waals surface area contributed by atoms with Crippen LogP contribution in [0.15, 0.2) is 6.33 Å². The number of anilines is 2. The average Bonchev–Trinajstić information content (AvgIpc) is 3.09. The molecular weight excluding hydrogens is 240 g/mol. The van der Waals surface area contributed by atoms with Gasteiger partial charge in [-0.05, 0) is 24.7 Å². The number of halogens is 1. The lowest BCUT2D eigenvalue weighted by molar-refractivity contribution is 0.175. The summed E-state index contributed by atoms with van der Waals surface area (Å²) < 4.78 is 5.11. The van der Waals surface area contributed by atoms with Crippen molar-refractivity contribution in [2.24, 2.45) is 5.41 Å². The molecular formula is C11H17ClN4O. The second-order valence-electron chi connectivity index (χ2n) is 4.52. The summed E-state index contributed by atoms with van der Waals surface area (Å²) in [5.41, 5.74) is 5.96. The van der Waals surface area contributed by atoms with Crippen LogP contribution in [0.5, 0.6) is 0 Å². The van der Waals surface area contributed by atoms with Crippen LogP contribution in [-0.2, 0) is 4.74 Å². The van der Waals surface area contributed by atoms with Gasteiger partial charge in [0.15, 0.2) is 0 Å². The normalized spacial score (nSPS) is 16.8. The molecule has 1 aliphatic rings. The van der Waals surface area contributed by atoms with Crippen molar-refractivity contribution < 1.29 is 4.74 Å². The number of nitrogens with zero attached hydrogens (tertiary/aromatic N) is 2. The number of nitrogens with two attached hydrogens (primary N) is 1. The van der Waals surface area contributed by atoms with E-state index in [1.54, 1.807) is 7.11 Å². The molecule has 2 rings (SSSR count). The van der Waals surface area contributed by atoms with Gasteiger partial charge in [-0.1, -0.05) is 11.6 Å².